The zero-order valence-corrected chi connectivity index (χ0v) is 12.6. The molecule has 4 heteroatoms. The first-order chi connectivity index (χ1) is 9.04. The maximum Gasteiger partial charge on any atom is 0.409 e. The number of nitrogens with zero attached hydrogens (tertiary/aromatic N) is 1. The second kappa shape index (κ2) is 5.87. The molecule has 0 aliphatic carbocycles. The summed E-state index contributed by atoms with van der Waals surface area (Å²) in [7, 11) is 1.45. The summed E-state index contributed by atoms with van der Waals surface area (Å²) in [4.78, 5) is 14.9. The number of ether oxygens (including phenoxy) is 1. The maximum absolute atomic E-state index is 11.8. The fourth-order valence-electron chi connectivity index (χ4n) is 2.69. The lowest BCUT2D eigenvalue weighted by atomic mass is 10.0. The van der Waals surface area contributed by atoms with E-state index in [1.54, 1.807) is 0 Å². The van der Waals surface area contributed by atoms with Crippen molar-refractivity contribution in [3.8, 4) is 0 Å². The summed E-state index contributed by atoms with van der Waals surface area (Å²) in [6.45, 7) is 5.21. The Bertz CT molecular complexity index is 433. The fraction of sp³-hybridized carbons (Fsp3) is 0.533. The van der Waals surface area contributed by atoms with E-state index < -0.39 is 0 Å². The number of rotatable bonds is 3. The van der Waals surface area contributed by atoms with Gasteiger partial charge in [-0.1, -0.05) is 18.2 Å². The van der Waals surface area contributed by atoms with Gasteiger partial charge in [0.25, 0.3) is 0 Å². The highest BCUT2D eigenvalue weighted by Gasteiger charge is 2.40. The van der Waals surface area contributed by atoms with Gasteiger partial charge in [-0.25, -0.2) is 4.79 Å². The zero-order chi connectivity index (χ0) is 13.9. The Morgan fingerprint density at radius 2 is 2.05 bits per heavy atom. The molecular formula is C15H21NO2S. The van der Waals surface area contributed by atoms with Crippen molar-refractivity contribution >= 4 is 17.9 Å². The third kappa shape index (κ3) is 3.24. The van der Waals surface area contributed by atoms with Crippen LogP contribution in [0, 0.1) is 0 Å². The summed E-state index contributed by atoms with van der Waals surface area (Å²) >= 11 is 1.83. The van der Waals surface area contributed by atoms with Crippen LogP contribution < -0.4 is 0 Å². The highest BCUT2D eigenvalue weighted by atomic mass is 32.2. The third-order valence-electron chi connectivity index (χ3n) is 3.59. The molecular weight excluding hydrogens is 258 g/mol. The van der Waals surface area contributed by atoms with Gasteiger partial charge in [-0.3, -0.25) is 0 Å². The van der Waals surface area contributed by atoms with Gasteiger partial charge in [-0.2, -0.15) is 0 Å². The lowest BCUT2D eigenvalue weighted by Gasteiger charge is -2.36. The molecule has 1 heterocycles. The van der Waals surface area contributed by atoms with Crippen molar-refractivity contribution < 1.29 is 9.53 Å². The molecule has 19 heavy (non-hydrogen) atoms. The molecule has 0 spiro atoms. The number of amides is 1. The van der Waals surface area contributed by atoms with E-state index in [4.69, 9.17) is 4.74 Å². The number of carbonyl (C=O) groups excluding carboxylic acids is 1. The predicted molar refractivity (Wildman–Crippen MR) is 78.5 cm³/mol. The van der Waals surface area contributed by atoms with Crippen LogP contribution in [0.3, 0.4) is 0 Å². The molecule has 1 aromatic carbocycles. The van der Waals surface area contributed by atoms with Gasteiger partial charge in [0.15, 0.2) is 0 Å². The minimum atomic E-state index is -0.204. The van der Waals surface area contributed by atoms with Crippen molar-refractivity contribution in [2.24, 2.45) is 0 Å². The van der Waals surface area contributed by atoms with Crippen LogP contribution >= 0.6 is 11.8 Å². The van der Waals surface area contributed by atoms with Crippen LogP contribution in [-0.4, -0.2) is 35.4 Å². The summed E-state index contributed by atoms with van der Waals surface area (Å²) in [5, 5.41) is 0. The van der Waals surface area contributed by atoms with E-state index in [0.29, 0.717) is 0 Å². The third-order valence-corrected chi connectivity index (χ3v) is 4.89. The molecule has 1 fully saturated rings. The molecule has 1 atom stereocenters. The summed E-state index contributed by atoms with van der Waals surface area (Å²) < 4.78 is 4.87. The summed E-state index contributed by atoms with van der Waals surface area (Å²) in [6, 6.07) is 10.6. The van der Waals surface area contributed by atoms with Crippen molar-refractivity contribution in [2.75, 3.05) is 13.7 Å². The monoisotopic (exact) mass is 279 g/mol. The van der Waals surface area contributed by atoms with E-state index in [1.807, 2.05) is 34.9 Å². The molecule has 1 aliphatic heterocycles. The first-order valence-corrected chi connectivity index (χ1v) is 7.45. The lowest BCUT2D eigenvalue weighted by Crippen LogP contribution is -2.46. The molecule has 104 valence electrons. The number of hydrogen-bond donors (Lipinski definition) is 0. The predicted octanol–water partition coefficient (Wildman–Crippen LogP) is 3.79. The van der Waals surface area contributed by atoms with E-state index in [9.17, 15) is 4.79 Å². The number of methoxy groups -OCH3 is 1. The van der Waals surface area contributed by atoms with Gasteiger partial charge in [0.05, 0.1) is 7.11 Å². The topological polar surface area (TPSA) is 29.5 Å². The summed E-state index contributed by atoms with van der Waals surface area (Å²) in [5.74, 6) is 0. The van der Waals surface area contributed by atoms with Gasteiger partial charge in [0, 0.05) is 22.2 Å². The fourth-order valence-corrected chi connectivity index (χ4v) is 3.97. The average molecular weight is 279 g/mol. The number of hydrogen-bond acceptors (Lipinski definition) is 3. The molecule has 0 N–H and O–H groups in total. The molecule has 3 nitrogen and oxygen atoms in total. The Hall–Kier alpha value is -1.16. The standard InChI is InChI=1S/C15H21NO2S/c1-15(2,19-12-8-5-4-6-9-12)13-10-7-11-16(13)14(17)18-3/h4-6,8-9,13H,7,10-11H2,1-3H3. The molecule has 0 saturated carbocycles. The molecule has 2 rings (SSSR count). The molecule has 1 unspecified atom stereocenters. The van der Waals surface area contributed by atoms with Crippen molar-refractivity contribution in [2.45, 2.75) is 42.4 Å². The van der Waals surface area contributed by atoms with Crippen LogP contribution in [0.4, 0.5) is 4.79 Å². The van der Waals surface area contributed by atoms with E-state index >= 15 is 0 Å². The molecule has 1 aliphatic rings. The lowest BCUT2D eigenvalue weighted by molar-refractivity contribution is 0.113. The minimum Gasteiger partial charge on any atom is -0.453 e. The molecule has 1 amide bonds. The second-order valence-electron chi connectivity index (χ2n) is 5.34. The van der Waals surface area contributed by atoms with Crippen LogP contribution in [-0.2, 0) is 4.74 Å². The van der Waals surface area contributed by atoms with Crippen LogP contribution in [0.1, 0.15) is 26.7 Å². The van der Waals surface area contributed by atoms with Crippen molar-refractivity contribution in [3.05, 3.63) is 30.3 Å². The summed E-state index contributed by atoms with van der Waals surface area (Å²) in [5.41, 5.74) is 0. The van der Waals surface area contributed by atoms with E-state index in [-0.39, 0.29) is 16.9 Å². The van der Waals surface area contributed by atoms with Gasteiger partial charge >= 0.3 is 6.09 Å². The SMILES string of the molecule is COC(=O)N1CCCC1C(C)(C)Sc1ccccc1. The second-order valence-corrected chi connectivity index (χ2v) is 7.07. The first kappa shape index (κ1) is 14.3. The van der Waals surface area contributed by atoms with Gasteiger partial charge in [0.2, 0.25) is 0 Å². The molecule has 0 aromatic heterocycles. The quantitative estimate of drug-likeness (QED) is 0.788. The smallest absolute Gasteiger partial charge is 0.409 e. The van der Waals surface area contributed by atoms with Crippen molar-refractivity contribution in [1.29, 1.82) is 0 Å². The van der Waals surface area contributed by atoms with Crippen LogP contribution in [0.2, 0.25) is 0 Å². The normalized spacial score (nSPS) is 19.5. The molecule has 1 aromatic rings. The maximum atomic E-state index is 11.8. The van der Waals surface area contributed by atoms with Gasteiger partial charge in [-0.15, -0.1) is 11.8 Å². The van der Waals surface area contributed by atoms with E-state index in [0.717, 1.165) is 19.4 Å². The highest BCUT2D eigenvalue weighted by molar-refractivity contribution is 8.00. The van der Waals surface area contributed by atoms with Gasteiger partial charge in [-0.05, 0) is 38.8 Å². The van der Waals surface area contributed by atoms with E-state index in [2.05, 4.69) is 26.0 Å². The molecule has 0 radical (unpaired) electrons. The minimum absolute atomic E-state index is 0.0218. The Balaban J connectivity index is 2.12. The number of benzene rings is 1. The molecule has 1 saturated heterocycles. The van der Waals surface area contributed by atoms with Crippen LogP contribution in [0.5, 0.6) is 0 Å². The Labute approximate surface area is 119 Å². The largest absolute Gasteiger partial charge is 0.453 e. The zero-order valence-electron chi connectivity index (χ0n) is 11.8. The highest BCUT2D eigenvalue weighted by Crippen LogP contribution is 2.41. The van der Waals surface area contributed by atoms with Crippen molar-refractivity contribution in [3.63, 3.8) is 0 Å². The van der Waals surface area contributed by atoms with Gasteiger partial charge < -0.3 is 9.64 Å². The number of thioether (sulfide) groups is 1. The number of carbonyl (C=O) groups is 1. The van der Waals surface area contributed by atoms with Crippen LogP contribution in [0.25, 0.3) is 0 Å². The first-order valence-electron chi connectivity index (χ1n) is 6.63. The average Bonchev–Trinajstić information content (AvgIpc) is 2.88. The summed E-state index contributed by atoms with van der Waals surface area (Å²) in [6.07, 6.45) is 1.89. The Kier molecular flexibility index (Phi) is 4.40. The molecule has 0 bridgehead atoms. The van der Waals surface area contributed by atoms with Crippen molar-refractivity contribution in [1.82, 2.24) is 4.90 Å². The Morgan fingerprint density at radius 3 is 2.68 bits per heavy atom. The van der Waals surface area contributed by atoms with E-state index in [1.165, 1.54) is 12.0 Å². The number of likely N-dealkylation sites (tertiary alicyclic amines) is 1. The Morgan fingerprint density at radius 1 is 1.37 bits per heavy atom. The van der Waals surface area contributed by atoms with Crippen LogP contribution in [0.15, 0.2) is 35.2 Å². The van der Waals surface area contributed by atoms with Gasteiger partial charge in [0.1, 0.15) is 0 Å².